The van der Waals surface area contributed by atoms with Crippen molar-refractivity contribution in [2.24, 2.45) is 0 Å². The van der Waals surface area contributed by atoms with Crippen LogP contribution in [0.3, 0.4) is 0 Å². The van der Waals surface area contributed by atoms with Gasteiger partial charge in [0, 0.05) is 39.8 Å². The number of hydrogen-bond acceptors (Lipinski definition) is 3. The smallest absolute Gasteiger partial charge is 0.100 e. The van der Waals surface area contributed by atoms with Crippen LogP contribution in [0.1, 0.15) is 0 Å². The van der Waals surface area contributed by atoms with Crippen LogP contribution in [0.5, 0.6) is 0 Å². The third-order valence-electron chi connectivity index (χ3n) is 0.570. The first-order valence-corrected chi connectivity index (χ1v) is 2.09. The van der Waals surface area contributed by atoms with Crippen LogP contribution in [0.4, 0.5) is 0 Å². The fourth-order valence-electron chi connectivity index (χ4n) is 0.245. The van der Waals surface area contributed by atoms with Crippen molar-refractivity contribution >= 4 is 0 Å². The van der Waals surface area contributed by atoms with Gasteiger partial charge >= 0.3 is 0 Å². The van der Waals surface area contributed by atoms with Crippen molar-refractivity contribution in [3.63, 3.8) is 0 Å². The van der Waals surface area contributed by atoms with Gasteiger partial charge in [-0.15, -0.1) is 0 Å². The van der Waals surface area contributed by atoms with Crippen LogP contribution in [0.25, 0.3) is 0 Å². The summed E-state index contributed by atoms with van der Waals surface area (Å²) in [5.41, 5.74) is 0. The van der Waals surface area contributed by atoms with Crippen LogP contribution in [0, 0.1) is 0 Å². The number of rotatable bonds is 3. The fourth-order valence-corrected chi connectivity index (χ4v) is 0.245. The molecule has 0 aliphatic carbocycles. The first kappa shape index (κ1) is 11.7. The first-order chi connectivity index (χ1) is 3.31. The van der Waals surface area contributed by atoms with Crippen molar-refractivity contribution in [1.29, 1.82) is 0 Å². The first-order valence-electron chi connectivity index (χ1n) is 2.09. The molecule has 0 fully saturated rings. The summed E-state index contributed by atoms with van der Waals surface area (Å²) < 4.78 is 4.48. The van der Waals surface area contributed by atoms with Crippen LogP contribution in [0.15, 0.2) is 0 Å². The predicted molar refractivity (Wildman–Crippen MR) is 25.0 cm³/mol. The molecule has 2 N–H and O–H groups in total. The van der Waals surface area contributed by atoms with Crippen molar-refractivity contribution < 1.29 is 47.7 Å². The Labute approximate surface area is 73.9 Å². The number of aliphatic hydroxyl groups excluding tert-OH is 2. The Balaban J connectivity index is 0. The van der Waals surface area contributed by atoms with Gasteiger partial charge < -0.3 is 14.9 Å². The summed E-state index contributed by atoms with van der Waals surface area (Å²) in [5.74, 6) is 0. The molecule has 8 heavy (non-hydrogen) atoms. The summed E-state index contributed by atoms with van der Waals surface area (Å²) >= 11 is 0. The van der Waals surface area contributed by atoms with Crippen LogP contribution in [0.2, 0.25) is 0 Å². The average Bonchev–Trinajstić information content (AvgIpc) is 1.68. The Morgan fingerprint density at radius 3 is 2.25 bits per heavy atom. The van der Waals surface area contributed by atoms with Crippen LogP contribution in [-0.2, 0) is 37.4 Å². The van der Waals surface area contributed by atoms with Crippen molar-refractivity contribution in [2.75, 3.05) is 20.3 Å². The Morgan fingerprint density at radius 2 is 2.12 bits per heavy atom. The zero-order chi connectivity index (χ0) is 5.70. The molecule has 0 bridgehead atoms. The number of aliphatic hydroxyl groups is 2. The Bertz CT molecular complexity index is 42.3. The van der Waals surface area contributed by atoms with E-state index in [2.05, 4.69) is 4.74 Å². The molecular formula is C4H10O3Y. The molecule has 47 valence electrons. The zero-order valence-electron chi connectivity index (χ0n) is 4.87. The van der Waals surface area contributed by atoms with Gasteiger partial charge in [-0.2, -0.15) is 0 Å². The van der Waals surface area contributed by atoms with E-state index in [1.54, 1.807) is 0 Å². The fraction of sp³-hybridized carbons (Fsp3) is 1.00. The average molecular weight is 195 g/mol. The van der Waals surface area contributed by atoms with Crippen LogP contribution in [-0.4, -0.2) is 36.6 Å². The molecule has 1 atom stereocenters. The Kier molecular flexibility index (Phi) is 11.7. The standard InChI is InChI=1S/C4H10O3.Y/c1-7-3-4(6)2-5;/h4-6H,2-3H2,1H3;. The summed E-state index contributed by atoms with van der Waals surface area (Å²) in [5, 5.41) is 16.6. The van der Waals surface area contributed by atoms with E-state index < -0.39 is 6.10 Å². The number of ether oxygens (including phenoxy) is 1. The van der Waals surface area contributed by atoms with Gasteiger partial charge in [-0.1, -0.05) is 0 Å². The largest absolute Gasteiger partial charge is 0.394 e. The van der Waals surface area contributed by atoms with E-state index in [0.29, 0.717) is 0 Å². The van der Waals surface area contributed by atoms with Gasteiger partial charge in [-0.3, -0.25) is 0 Å². The maximum absolute atomic E-state index is 8.48. The van der Waals surface area contributed by atoms with Crippen molar-refractivity contribution in [1.82, 2.24) is 0 Å². The topological polar surface area (TPSA) is 49.7 Å². The van der Waals surface area contributed by atoms with E-state index in [-0.39, 0.29) is 45.9 Å². The van der Waals surface area contributed by atoms with Gasteiger partial charge in [0.15, 0.2) is 0 Å². The number of hydrogen-bond donors (Lipinski definition) is 2. The molecule has 0 rings (SSSR count). The quantitative estimate of drug-likeness (QED) is 0.606. The molecule has 0 aromatic rings. The summed E-state index contributed by atoms with van der Waals surface area (Å²) in [7, 11) is 1.47. The maximum atomic E-state index is 8.48. The molecule has 0 heterocycles. The molecule has 0 aromatic carbocycles. The minimum atomic E-state index is -0.718. The number of methoxy groups -OCH3 is 1. The molecule has 0 saturated heterocycles. The second-order valence-corrected chi connectivity index (χ2v) is 1.29. The predicted octanol–water partition coefficient (Wildman–Crippen LogP) is -1.02. The van der Waals surface area contributed by atoms with Gasteiger partial charge in [0.25, 0.3) is 0 Å². The summed E-state index contributed by atoms with van der Waals surface area (Å²) in [6.45, 7) is -0.0235. The zero-order valence-corrected chi connectivity index (χ0v) is 7.71. The Morgan fingerprint density at radius 1 is 1.62 bits per heavy atom. The van der Waals surface area contributed by atoms with Crippen LogP contribution >= 0.6 is 0 Å². The van der Waals surface area contributed by atoms with E-state index in [1.807, 2.05) is 0 Å². The van der Waals surface area contributed by atoms with E-state index in [4.69, 9.17) is 10.2 Å². The summed E-state index contributed by atoms with van der Waals surface area (Å²) in [4.78, 5) is 0. The Hall–Kier alpha value is 0.984. The van der Waals surface area contributed by atoms with Gasteiger partial charge in [-0.05, 0) is 0 Å². The molecule has 0 aliphatic heterocycles. The molecule has 0 amide bonds. The van der Waals surface area contributed by atoms with Gasteiger partial charge in [0.2, 0.25) is 0 Å². The monoisotopic (exact) mass is 195 g/mol. The minimum absolute atomic E-state index is 0. The van der Waals surface area contributed by atoms with E-state index in [0.717, 1.165) is 0 Å². The molecule has 0 aliphatic rings. The van der Waals surface area contributed by atoms with E-state index >= 15 is 0 Å². The maximum Gasteiger partial charge on any atom is 0.100 e. The molecule has 0 spiro atoms. The summed E-state index contributed by atoms with van der Waals surface area (Å²) in [6.07, 6.45) is -0.718. The van der Waals surface area contributed by atoms with Crippen molar-refractivity contribution in [3.05, 3.63) is 0 Å². The van der Waals surface area contributed by atoms with Gasteiger partial charge in [-0.25, -0.2) is 0 Å². The van der Waals surface area contributed by atoms with E-state index in [1.165, 1.54) is 7.11 Å². The normalized spacial score (nSPS) is 12.4. The second kappa shape index (κ2) is 7.98. The molecule has 0 saturated carbocycles. The van der Waals surface area contributed by atoms with Crippen molar-refractivity contribution in [3.8, 4) is 0 Å². The van der Waals surface area contributed by atoms with E-state index in [9.17, 15) is 0 Å². The third kappa shape index (κ3) is 6.98. The second-order valence-electron chi connectivity index (χ2n) is 1.29. The summed E-state index contributed by atoms with van der Waals surface area (Å²) in [6, 6.07) is 0. The molecule has 3 nitrogen and oxygen atoms in total. The molecule has 4 heteroatoms. The molecule has 0 aromatic heterocycles. The molecular weight excluding hydrogens is 185 g/mol. The van der Waals surface area contributed by atoms with Crippen LogP contribution < -0.4 is 0 Å². The molecule has 1 unspecified atom stereocenters. The van der Waals surface area contributed by atoms with Gasteiger partial charge in [0.1, 0.15) is 6.10 Å². The SMILES string of the molecule is COCC(O)CO.[Y]. The third-order valence-corrected chi connectivity index (χ3v) is 0.570. The van der Waals surface area contributed by atoms with Crippen molar-refractivity contribution in [2.45, 2.75) is 6.10 Å². The molecule has 1 radical (unpaired) electrons. The minimum Gasteiger partial charge on any atom is -0.394 e. The van der Waals surface area contributed by atoms with Gasteiger partial charge in [0.05, 0.1) is 13.2 Å².